The van der Waals surface area contributed by atoms with Gasteiger partial charge in [0.05, 0.1) is 6.61 Å². The maximum absolute atomic E-state index is 12.9. The molecule has 0 saturated carbocycles. The van der Waals surface area contributed by atoms with Gasteiger partial charge in [-0.1, -0.05) is 18.2 Å². The van der Waals surface area contributed by atoms with Crippen molar-refractivity contribution < 1.29 is 19.0 Å². The maximum atomic E-state index is 12.9. The van der Waals surface area contributed by atoms with Gasteiger partial charge in [-0.25, -0.2) is 4.39 Å². The molecule has 0 heterocycles. The number of hydrogen-bond acceptors (Lipinski definition) is 3. The third kappa shape index (κ3) is 4.07. The molecule has 0 spiro atoms. The molecule has 0 atom stereocenters. The predicted octanol–water partition coefficient (Wildman–Crippen LogP) is 2.34. The van der Waals surface area contributed by atoms with Gasteiger partial charge in [0.25, 0.3) is 5.91 Å². The number of benzene rings is 2. The number of hydrogen-bond donors (Lipinski definition) is 2. The average Bonchev–Trinajstić information content (AvgIpc) is 2.45. The minimum absolute atomic E-state index is 0.0937. The molecule has 2 aromatic rings. The van der Waals surface area contributed by atoms with E-state index in [2.05, 4.69) is 5.32 Å². The number of nitrogens with one attached hydrogen (secondary N) is 1. The Hall–Kier alpha value is -2.40. The molecule has 20 heavy (non-hydrogen) atoms. The average molecular weight is 275 g/mol. The molecule has 0 fully saturated rings. The topological polar surface area (TPSA) is 58.6 Å². The molecule has 4 nitrogen and oxygen atoms in total. The molecular weight excluding hydrogens is 261 g/mol. The molecule has 2 N–H and O–H groups in total. The summed E-state index contributed by atoms with van der Waals surface area (Å²) in [5.41, 5.74) is 1.28. The van der Waals surface area contributed by atoms with Crippen LogP contribution in [0.2, 0.25) is 0 Å². The van der Waals surface area contributed by atoms with E-state index in [1.54, 1.807) is 30.3 Å². The fourth-order valence-electron chi connectivity index (χ4n) is 1.65. The summed E-state index contributed by atoms with van der Waals surface area (Å²) < 4.78 is 18.1. The van der Waals surface area contributed by atoms with E-state index in [0.29, 0.717) is 17.0 Å². The number of aliphatic hydroxyl groups excluding tert-OH is 1. The standard InChI is InChI=1S/C15H14FNO3/c16-12-4-2-6-14(8-12)20-10-15(19)17-13-5-1-3-11(7-13)9-18/h1-8,18H,9-10H2,(H,17,19). The normalized spacial score (nSPS) is 10.1. The number of rotatable bonds is 5. The lowest BCUT2D eigenvalue weighted by molar-refractivity contribution is -0.118. The highest BCUT2D eigenvalue weighted by molar-refractivity contribution is 5.91. The van der Waals surface area contributed by atoms with E-state index in [-0.39, 0.29) is 19.1 Å². The van der Waals surface area contributed by atoms with Gasteiger partial charge in [-0.3, -0.25) is 4.79 Å². The molecule has 0 aliphatic carbocycles. The highest BCUT2D eigenvalue weighted by Gasteiger charge is 2.04. The van der Waals surface area contributed by atoms with Crippen molar-refractivity contribution in [3.63, 3.8) is 0 Å². The van der Waals surface area contributed by atoms with Crippen LogP contribution in [-0.2, 0) is 11.4 Å². The molecule has 2 rings (SSSR count). The van der Waals surface area contributed by atoms with Crippen molar-refractivity contribution in [2.45, 2.75) is 6.61 Å². The molecule has 0 unspecified atom stereocenters. The largest absolute Gasteiger partial charge is 0.484 e. The number of halogens is 1. The molecule has 0 aliphatic rings. The van der Waals surface area contributed by atoms with Crippen LogP contribution in [0.4, 0.5) is 10.1 Å². The first kappa shape index (κ1) is 14.0. The molecule has 0 saturated heterocycles. The number of aliphatic hydroxyl groups is 1. The first-order valence-electron chi connectivity index (χ1n) is 6.05. The number of anilines is 1. The Kier molecular flexibility index (Phi) is 4.68. The molecule has 0 aromatic heterocycles. The van der Waals surface area contributed by atoms with Crippen LogP contribution in [0.15, 0.2) is 48.5 Å². The maximum Gasteiger partial charge on any atom is 0.262 e. The van der Waals surface area contributed by atoms with Crippen LogP contribution in [0.1, 0.15) is 5.56 Å². The second-order valence-electron chi connectivity index (χ2n) is 4.15. The van der Waals surface area contributed by atoms with Crippen molar-refractivity contribution in [2.75, 3.05) is 11.9 Å². The van der Waals surface area contributed by atoms with Crippen molar-refractivity contribution in [3.8, 4) is 5.75 Å². The lowest BCUT2D eigenvalue weighted by Crippen LogP contribution is -2.20. The summed E-state index contributed by atoms with van der Waals surface area (Å²) in [5.74, 6) is -0.479. The van der Waals surface area contributed by atoms with Gasteiger partial charge in [-0.2, -0.15) is 0 Å². The van der Waals surface area contributed by atoms with Crippen LogP contribution >= 0.6 is 0 Å². The Bertz CT molecular complexity index is 601. The zero-order valence-corrected chi connectivity index (χ0v) is 10.7. The summed E-state index contributed by atoms with van der Waals surface area (Å²) in [6, 6.07) is 12.4. The van der Waals surface area contributed by atoms with Gasteiger partial charge in [0.1, 0.15) is 11.6 Å². The van der Waals surface area contributed by atoms with Crippen molar-refractivity contribution in [1.82, 2.24) is 0 Å². The third-order valence-corrected chi connectivity index (χ3v) is 2.56. The third-order valence-electron chi connectivity index (χ3n) is 2.56. The van der Waals surface area contributed by atoms with Crippen LogP contribution in [-0.4, -0.2) is 17.6 Å². The van der Waals surface area contributed by atoms with E-state index in [4.69, 9.17) is 9.84 Å². The van der Waals surface area contributed by atoms with E-state index >= 15 is 0 Å². The van der Waals surface area contributed by atoms with Crippen LogP contribution < -0.4 is 10.1 Å². The second-order valence-corrected chi connectivity index (χ2v) is 4.15. The molecule has 2 aromatic carbocycles. The first-order chi connectivity index (χ1) is 9.67. The Balaban J connectivity index is 1.89. The lowest BCUT2D eigenvalue weighted by Gasteiger charge is -2.08. The molecule has 0 bridgehead atoms. The van der Waals surface area contributed by atoms with Gasteiger partial charge in [0.15, 0.2) is 6.61 Å². The van der Waals surface area contributed by atoms with Gasteiger partial charge >= 0.3 is 0 Å². The van der Waals surface area contributed by atoms with Crippen molar-refractivity contribution in [3.05, 3.63) is 59.9 Å². The fraction of sp³-hybridized carbons (Fsp3) is 0.133. The van der Waals surface area contributed by atoms with Crippen molar-refractivity contribution >= 4 is 11.6 Å². The van der Waals surface area contributed by atoms with Crippen LogP contribution in [0, 0.1) is 5.82 Å². The summed E-state index contributed by atoms with van der Waals surface area (Å²) in [7, 11) is 0. The second kappa shape index (κ2) is 6.68. The van der Waals surface area contributed by atoms with Crippen molar-refractivity contribution in [2.24, 2.45) is 0 Å². The van der Waals surface area contributed by atoms with E-state index in [1.807, 2.05) is 0 Å². The van der Waals surface area contributed by atoms with Gasteiger partial charge < -0.3 is 15.2 Å². The molecular formula is C15H14FNO3. The van der Waals surface area contributed by atoms with Gasteiger partial charge in [0.2, 0.25) is 0 Å². The van der Waals surface area contributed by atoms with Gasteiger partial charge in [0, 0.05) is 11.8 Å². The minimum atomic E-state index is -0.418. The smallest absolute Gasteiger partial charge is 0.262 e. The summed E-state index contributed by atoms with van der Waals surface area (Å²) in [6.45, 7) is -0.309. The highest BCUT2D eigenvalue weighted by atomic mass is 19.1. The van der Waals surface area contributed by atoms with E-state index in [0.717, 1.165) is 0 Å². The quantitative estimate of drug-likeness (QED) is 0.880. The zero-order chi connectivity index (χ0) is 14.4. The number of ether oxygens (including phenoxy) is 1. The lowest BCUT2D eigenvalue weighted by atomic mass is 10.2. The van der Waals surface area contributed by atoms with Crippen LogP contribution in [0.25, 0.3) is 0 Å². The Morgan fingerprint density at radius 2 is 2.00 bits per heavy atom. The van der Waals surface area contributed by atoms with E-state index < -0.39 is 5.82 Å². The highest BCUT2D eigenvalue weighted by Crippen LogP contribution is 2.13. The molecule has 5 heteroatoms. The van der Waals surface area contributed by atoms with Crippen molar-refractivity contribution in [1.29, 1.82) is 0 Å². The Morgan fingerprint density at radius 3 is 2.75 bits per heavy atom. The molecule has 0 aliphatic heterocycles. The van der Waals surface area contributed by atoms with Gasteiger partial charge in [-0.05, 0) is 29.8 Å². The predicted molar refractivity (Wildman–Crippen MR) is 72.9 cm³/mol. The summed E-state index contributed by atoms with van der Waals surface area (Å²) in [4.78, 5) is 11.7. The number of carbonyl (C=O) groups is 1. The zero-order valence-electron chi connectivity index (χ0n) is 10.7. The Morgan fingerprint density at radius 1 is 1.20 bits per heavy atom. The van der Waals surface area contributed by atoms with Crippen LogP contribution in [0.5, 0.6) is 5.75 Å². The summed E-state index contributed by atoms with van der Waals surface area (Å²) in [5, 5.41) is 11.6. The first-order valence-corrected chi connectivity index (χ1v) is 6.05. The SMILES string of the molecule is O=C(COc1cccc(F)c1)Nc1cccc(CO)c1. The number of carbonyl (C=O) groups excluding carboxylic acids is 1. The minimum Gasteiger partial charge on any atom is -0.484 e. The molecule has 1 amide bonds. The van der Waals surface area contributed by atoms with Crippen LogP contribution in [0.3, 0.4) is 0 Å². The summed E-state index contributed by atoms with van der Waals surface area (Å²) in [6.07, 6.45) is 0. The monoisotopic (exact) mass is 275 g/mol. The van der Waals surface area contributed by atoms with Gasteiger partial charge in [-0.15, -0.1) is 0 Å². The number of amides is 1. The van der Waals surface area contributed by atoms with E-state index in [1.165, 1.54) is 18.2 Å². The van der Waals surface area contributed by atoms with E-state index in [9.17, 15) is 9.18 Å². The fourth-order valence-corrected chi connectivity index (χ4v) is 1.65. The Labute approximate surface area is 115 Å². The molecule has 104 valence electrons. The molecule has 0 radical (unpaired) electrons. The summed E-state index contributed by atoms with van der Waals surface area (Å²) >= 11 is 0.